The molecule has 7 heteroatoms. The van der Waals surface area contributed by atoms with Crippen LogP contribution in [0.2, 0.25) is 0 Å². The van der Waals surface area contributed by atoms with E-state index in [1.165, 1.54) is 14.2 Å². The number of esters is 2. The molecule has 0 aliphatic rings. The number of nitrogens with one attached hydrogen (secondary N) is 2. The Hall–Kier alpha value is -3.09. The molecule has 0 fully saturated rings. The van der Waals surface area contributed by atoms with E-state index >= 15 is 0 Å². The topological polar surface area (TPSA) is 97.5 Å². The fourth-order valence-corrected chi connectivity index (χ4v) is 2.80. The van der Waals surface area contributed by atoms with Crippen LogP contribution in [0.25, 0.3) is 0 Å². The summed E-state index contributed by atoms with van der Waals surface area (Å²) in [6, 6.07) is 8.58. The van der Waals surface area contributed by atoms with Crippen molar-refractivity contribution in [3.63, 3.8) is 0 Å². The Labute approximate surface area is 151 Å². The molecule has 1 aromatic heterocycles. The molecule has 1 amide bonds. The van der Waals surface area contributed by atoms with Crippen LogP contribution >= 0.6 is 0 Å². The second-order valence-electron chi connectivity index (χ2n) is 5.83. The van der Waals surface area contributed by atoms with E-state index in [-0.39, 0.29) is 12.1 Å². The number of H-pyrrole nitrogens is 1. The molecule has 2 rings (SSSR count). The summed E-state index contributed by atoms with van der Waals surface area (Å²) in [4.78, 5) is 39.3. The molecular weight excluding hydrogens is 336 g/mol. The maximum absolute atomic E-state index is 12.7. The summed E-state index contributed by atoms with van der Waals surface area (Å²) in [5, 5.41) is 2.83. The zero-order valence-electron chi connectivity index (χ0n) is 15.2. The average molecular weight is 358 g/mol. The van der Waals surface area contributed by atoms with Gasteiger partial charge < -0.3 is 19.8 Å². The van der Waals surface area contributed by atoms with Gasteiger partial charge >= 0.3 is 11.9 Å². The first-order chi connectivity index (χ1) is 12.4. The SMILES string of the molecule is COC(=O)CC(NC(=O)c1[nH]c(C)c(C(=O)OC)c1C)c1ccccc1. The molecule has 1 heterocycles. The molecule has 138 valence electrons. The third kappa shape index (κ3) is 4.11. The molecule has 0 radical (unpaired) electrons. The fourth-order valence-electron chi connectivity index (χ4n) is 2.80. The minimum absolute atomic E-state index is 0.00511. The number of ether oxygens (including phenoxy) is 2. The highest BCUT2D eigenvalue weighted by atomic mass is 16.5. The van der Waals surface area contributed by atoms with Crippen molar-refractivity contribution >= 4 is 17.8 Å². The number of rotatable bonds is 6. The number of hydrogen-bond donors (Lipinski definition) is 2. The molecule has 0 spiro atoms. The van der Waals surface area contributed by atoms with Gasteiger partial charge in [-0.2, -0.15) is 0 Å². The van der Waals surface area contributed by atoms with E-state index in [1.807, 2.05) is 30.3 Å². The summed E-state index contributed by atoms with van der Waals surface area (Å²) < 4.78 is 9.48. The number of carbonyl (C=O) groups is 3. The van der Waals surface area contributed by atoms with Crippen molar-refractivity contribution in [1.29, 1.82) is 0 Å². The van der Waals surface area contributed by atoms with Crippen LogP contribution in [-0.4, -0.2) is 37.0 Å². The van der Waals surface area contributed by atoms with Crippen molar-refractivity contribution in [2.75, 3.05) is 14.2 Å². The molecule has 0 saturated carbocycles. The van der Waals surface area contributed by atoms with Gasteiger partial charge in [0.2, 0.25) is 0 Å². The van der Waals surface area contributed by atoms with Crippen molar-refractivity contribution in [3.05, 3.63) is 58.4 Å². The van der Waals surface area contributed by atoms with E-state index in [9.17, 15) is 14.4 Å². The number of amides is 1. The highest BCUT2D eigenvalue weighted by Crippen LogP contribution is 2.22. The second-order valence-corrected chi connectivity index (χ2v) is 5.83. The van der Waals surface area contributed by atoms with E-state index in [0.29, 0.717) is 16.8 Å². The molecular formula is C19H22N2O5. The largest absolute Gasteiger partial charge is 0.469 e. The number of aryl methyl sites for hydroxylation is 1. The van der Waals surface area contributed by atoms with Crippen LogP contribution < -0.4 is 5.32 Å². The Bertz CT molecular complexity index is 811. The summed E-state index contributed by atoms with van der Waals surface area (Å²) in [6.07, 6.45) is -0.00511. The van der Waals surface area contributed by atoms with Gasteiger partial charge in [-0.1, -0.05) is 30.3 Å². The van der Waals surface area contributed by atoms with E-state index in [1.54, 1.807) is 13.8 Å². The van der Waals surface area contributed by atoms with Crippen LogP contribution in [0.1, 0.15) is 50.1 Å². The Morgan fingerprint density at radius 2 is 1.73 bits per heavy atom. The van der Waals surface area contributed by atoms with Gasteiger partial charge in [-0.3, -0.25) is 9.59 Å². The molecule has 1 atom stereocenters. The number of aromatic nitrogens is 1. The average Bonchev–Trinajstić information content (AvgIpc) is 2.95. The molecule has 1 aromatic carbocycles. The van der Waals surface area contributed by atoms with Crippen LogP contribution in [0.15, 0.2) is 30.3 Å². The van der Waals surface area contributed by atoms with Crippen LogP contribution in [0.5, 0.6) is 0 Å². The van der Waals surface area contributed by atoms with Crippen molar-refractivity contribution in [2.45, 2.75) is 26.3 Å². The van der Waals surface area contributed by atoms with Crippen molar-refractivity contribution < 1.29 is 23.9 Å². The van der Waals surface area contributed by atoms with Gasteiger partial charge in [-0.15, -0.1) is 0 Å². The lowest BCUT2D eigenvalue weighted by atomic mass is 10.0. The normalized spacial score (nSPS) is 11.5. The minimum atomic E-state index is -0.555. The Morgan fingerprint density at radius 1 is 1.08 bits per heavy atom. The van der Waals surface area contributed by atoms with E-state index < -0.39 is 23.9 Å². The van der Waals surface area contributed by atoms with Crippen LogP contribution in [0.3, 0.4) is 0 Å². The van der Waals surface area contributed by atoms with Crippen LogP contribution in [0.4, 0.5) is 0 Å². The van der Waals surface area contributed by atoms with Gasteiger partial charge in [0.05, 0.1) is 32.2 Å². The third-order valence-corrected chi connectivity index (χ3v) is 4.16. The van der Waals surface area contributed by atoms with Gasteiger partial charge in [0.15, 0.2) is 0 Å². The summed E-state index contributed by atoms with van der Waals surface area (Å²) >= 11 is 0. The highest BCUT2D eigenvalue weighted by Gasteiger charge is 2.25. The number of carbonyl (C=O) groups excluding carboxylic acids is 3. The van der Waals surface area contributed by atoms with Crippen molar-refractivity contribution in [3.8, 4) is 0 Å². The Balaban J connectivity index is 2.30. The van der Waals surface area contributed by atoms with E-state index in [4.69, 9.17) is 9.47 Å². The Kier molecular flexibility index (Phi) is 6.16. The lowest BCUT2D eigenvalue weighted by Crippen LogP contribution is -2.31. The van der Waals surface area contributed by atoms with Crippen LogP contribution in [0, 0.1) is 13.8 Å². The maximum Gasteiger partial charge on any atom is 0.339 e. The molecule has 0 bridgehead atoms. The van der Waals surface area contributed by atoms with Crippen molar-refractivity contribution in [2.24, 2.45) is 0 Å². The van der Waals surface area contributed by atoms with Gasteiger partial charge in [0.25, 0.3) is 5.91 Å². The third-order valence-electron chi connectivity index (χ3n) is 4.16. The summed E-state index contributed by atoms with van der Waals surface area (Å²) in [6.45, 7) is 3.36. The Morgan fingerprint density at radius 3 is 2.31 bits per heavy atom. The predicted octanol–water partition coefficient (Wildman–Crippen LogP) is 2.45. The molecule has 2 N–H and O–H groups in total. The quantitative estimate of drug-likeness (QED) is 0.773. The van der Waals surface area contributed by atoms with Gasteiger partial charge in [-0.05, 0) is 25.0 Å². The van der Waals surface area contributed by atoms with Gasteiger partial charge in [-0.25, -0.2) is 4.79 Å². The first-order valence-corrected chi connectivity index (χ1v) is 8.09. The van der Waals surface area contributed by atoms with Crippen molar-refractivity contribution in [1.82, 2.24) is 10.3 Å². The monoisotopic (exact) mass is 358 g/mol. The molecule has 2 aromatic rings. The highest BCUT2D eigenvalue weighted by molar-refractivity contribution is 6.00. The molecule has 7 nitrogen and oxygen atoms in total. The molecule has 26 heavy (non-hydrogen) atoms. The molecule has 1 unspecified atom stereocenters. The first kappa shape index (κ1) is 19.2. The lowest BCUT2D eigenvalue weighted by molar-refractivity contribution is -0.141. The number of hydrogen-bond acceptors (Lipinski definition) is 5. The smallest absolute Gasteiger partial charge is 0.339 e. The fraction of sp³-hybridized carbons (Fsp3) is 0.316. The predicted molar refractivity (Wildman–Crippen MR) is 94.9 cm³/mol. The maximum atomic E-state index is 12.7. The minimum Gasteiger partial charge on any atom is -0.469 e. The van der Waals surface area contributed by atoms with Gasteiger partial charge in [0, 0.05) is 5.69 Å². The van der Waals surface area contributed by atoms with E-state index in [2.05, 4.69) is 10.3 Å². The second kappa shape index (κ2) is 8.33. The zero-order valence-corrected chi connectivity index (χ0v) is 15.2. The molecule has 0 aliphatic heterocycles. The van der Waals surface area contributed by atoms with Gasteiger partial charge in [0.1, 0.15) is 5.69 Å². The summed E-state index contributed by atoms with van der Waals surface area (Å²) in [7, 11) is 2.59. The number of aromatic amines is 1. The lowest BCUT2D eigenvalue weighted by Gasteiger charge is -2.18. The summed E-state index contributed by atoms with van der Waals surface area (Å²) in [5.74, 6) is -1.36. The first-order valence-electron chi connectivity index (χ1n) is 8.09. The van der Waals surface area contributed by atoms with Crippen LogP contribution in [-0.2, 0) is 14.3 Å². The number of benzene rings is 1. The standard InChI is InChI=1S/C19H22N2O5/c1-11-16(19(24)26-4)12(2)20-17(11)18(23)21-14(10-15(22)25-3)13-8-6-5-7-9-13/h5-9,14,20H,10H2,1-4H3,(H,21,23). The summed E-state index contributed by atoms with van der Waals surface area (Å²) in [5.41, 5.74) is 2.41. The number of methoxy groups -OCH3 is 2. The molecule has 0 saturated heterocycles. The zero-order chi connectivity index (χ0) is 19.3. The molecule has 0 aliphatic carbocycles. The van der Waals surface area contributed by atoms with E-state index in [0.717, 1.165) is 5.56 Å².